The van der Waals surface area contributed by atoms with Gasteiger partial charge < -0.3 is 5.32 Å². The summed E-state index contributed by atoms with van der Waals surface area (Å²) in [4.78, 5) is 0. The summed E-state index contributed by atoms with van der Waals surface area (Å²) in [6, 6.07) is 6.18. The molecule has 0 aromatic heterocycles. The minimum absolute atomic E-state index is 0.313. The van der Waals surface area contributed by atoms with Crippen LogP contribution in [0.2, 0.25) is 10.0 Å². The molecular formula is C15H21Cl2N. The Hall–Kier alpha value is -0.240. The van der Waals surface area contributed by atoms with Gasteiger partial charge in [-0.15, -0.1) is 0 Å². The molecule has 1 aromatic rings. The van der Waals surface area contributed by atoms with Crippen molar-refractivity contribution >= 4 is 23.2 Å². The summed E-state index contributed by atoms with van der Waals surface area (Å²) in [5, 5.41) is 5.10. The lowest BCUT2D eigenvalue weighted by molar-refractivity contribution is 0.226. The fraction of sp³-hybridized carbons (Fsp3) is 0.600. The van der Waals surface area contributed by atoms with Crippen LogP contribution in [0.25, 0.3) is 0 Å². The Morgan fingerprint density at radius 3 is 2.50 bits per heavy atom. The molecule has 0 saturated heterocycles. The van der Waals surface area contributed by atoms with Gasteiger partial charge in [0.15, 0.2) is 0 Å². The molecule has 1 fully saturated rings. The first kappa shape index (κ1) is 14.2. The van der Waals surface area contributed by atoms with Crippen molar-refractivity contribution in [3.05, 3.63) is 33.8 Å². The van der Waals surface area contributed by atoms with E-state index in [4.69, 9.17) is 23.2 Å². The van der Waals surface area contributed by atoms with Gasteiger partial charge in [-0.2, -0.15) is 0 Å². The standard InChI is InChI=1S/C15H21Cl2N/c1-3-18-14(15(2)8-4-5-9-15)12-7-6-11(16)10-13(12)17/h6-7,10,14,18H,3-5,8-9H2,1-2H3. The van der Waals surface area contributed by atoms with Crippen LogP contribution >= 0.6 is 23.2 Å². The third-order valence-corrected chi connectivity index (χ3v) is 4.69. The van der Waals surface area contributed by atoms with Crippen molar-refractivity contribution in [2.24, 2.45) is 5.41 Å². The molecule has 1 unspecified atom stereocenters. The van der Waals surface area contributed by atoms with E-state index in [9.17, 15) is 0 Å². The maximum atomic E-state index is 6.38. The van der Waals surface area contributed by atoms with Crippen molar-refractivity contribution in [2.75, 3.05) is 6.54 Å². The maximum absolute atomic E-state index is 6.38. The second-order valence-electron chi connectivity index (χ2n) is 5.52. The summed E-state index contributed by atoms with van der Waals surface area (Å²) < 4.78 is 0. The summed E-state index contributed by atoms with van der Waals surface area (Å²) >= 11 is 12.4. The number of hydrogen-bond donors (Lipinski definition) is 1. The zero-order valence-electron chi connectivity index (χ0n) is 11.1. The quantitative estimate of drug-likeness (QED) is 0.799. The van der Waals surface area contributed by atoms with E-state index in [0.29, 0.717) is 16.5 Å². The number of hydrogen-bond acceptors (Lipinski definition) is 1. The number of rotatable bonds is 4. The average molecular weight is 286 g/mol. The Kier molecular flexibility index (Phi) is 4.58. The van der Waals surface area contributed by atoms with Crippen molar-refractivity contribution in [2.45, 2.75) is 45.6 Å². The van der Waals surface area contributed by atoms with E-state index >= 15 is 0 Å². The van der Waals surface area contributed by atoms with Gasteiger partial charge in [0.1, 0.15) is 0 Å². The molecule has 100 valence electrons. The van der Waals surface area contributed by atoms with Crippen molar-refractivity contribution in [1.82, 2.24) is 5.32 Å². The Morgan fingerprint density at radius 1 is 1.28 bits per heavy atom. The highest BCUT2D eigenvalue weighted by molar-refractivity contribution is 6.35. The first-order chi connectivity index (χ1) is 8.57. The minimum Gasteiger partial charge on any atom is -0.310 e. The number of benzene rings is 1. The zero-order chi connectivity index (χ0) is 13.2. The van der Waals surface area contributed by atoms with Gasteiger partial charge in [0.2, 0.25) is 0 Å². The minimum atomic E-state index is 0.313. The summed E-state index contributed by atoms with van der Waals surface area (Å²) in [6.45, 7) is 5.48. The fourth-order valence-electron chi connectivity index (χ4n) is 3.14. The van der Waals surface area contributed by atoms with E-state index < -0.39 is 0 Å². The van der Waals surface area contributed by atoms with Crippen LogP contribution in [0.5, 0.6) is 0 Å². The first-order valence-electron chi connectivity index (χ1n) is 6.75. The molecule has 0 bridgehead atoms. The van der Waals surface area contributed by atoms with Gasteiger partial charge in [0, 0.05) is 16.1 Å². The molecule has 1 aliphatic carbocycles. The van der Waals surface area contributed by atoms with E-state index in [1.165, 1.54) is 31.2 Å². The molecule has 0 heterocycles. The van der Waals surface area contributed by atoms with E-state index in [1.807, 2.05) is 12.1 Å². The first-order valence-corrected chi connectivity index (χ1v) is 7.51. The molecule has 0 spiro atoms. The SMILES string of the molecule is CCNC(c1ccc(Cl)cc1Cl)C1(C)CCCC1. The van der Waals surface area contributed by atoms with Crippen molar-refractivity contribution < 1.29 is 0 Å². The van der Waals surface area contributed by atoms with Gasteiger partial charge in [-0.25, -0.2) is 0 Å². The van der Waals surface area contributed by atoms with Crippen molar-refractivity contribution in [3.63, 3.8) is 0 Å². The van der Waals surface area contributed by atoms with Crippen LogP contribution in [0.15, 0.2) is 18.2 Å². The fourth-order valence-corrected chi connectivity index (χ4v) is 3.66. The van der Waals surface area contributed by atoms with Crippen LogP contribution in [0, 0.1) is 5.41 Å². The van der Waals surface area contributed by atoms with E-state index in [-0.39, 0.29) is 0 Å². The van der Waals surface area contributed by atoms with Crippen molar-refractivity contribution in [1.29, 1.82) is 0 Å². The Bertz CT molecular complexity index is 411. The highest BCUT2D eigenvalue weighted by Gasteiger charge is 2.38. The lowest BCUT2D eigenvalue weighted by Crippen LogP contribution is -2.34. The van der Waals surface area contributed by atoms with Gasteiger partial charge in [-0.05, 0) is 42.5 Å². The topological polar surface area (TPSA) is 12.0 Å². The molecule has 18 heavy (non-hydrogen) atoms. The normalized spacial score (nSPS) is 20.0. The van der Waals surface area contributed by atoms with Crippen LogP contribution in [0.3, 0.4) is 0 Å². The average Bonchev–Trinajstić information content (AvgIpc) is 2.75. The largest absolute Gasteiger partial charge is 0.310 e. The predicted octanol–water partition coefficient (Wildman–Crippen LogP) is 5.22. The van der Waals surface area contributed by atoms with Gasteiger partial charge in [-0.1, -0.05) is 56.0 Å². The lowest BCUT2D eigenvalue weighted by atomic mass is 9.77. The summed E-state index contributed by atoms with van der Waals surface area (Å²) in [5.41, 5.74) is 1.50. The van der Waals surface area contributed by atoms with E-state index in [2.05, 4.69) is 25.2 Å². The molecule has 1 saturated carbocycles. The molecule has 1 aromatic carbocycles. The van der Waals surface area contributed by atoms with Crippen LogP contribution < -0.4 is 5.32 Å². The molecule has 0 aliphatic heterocycles. The van der Waals surface area contributed by atoms with Gasteiger partial charge in [-0.3, -0.25) is 0 Å². The second kappa shape index (κ2) is 5.81. The summed E-state index contributed by atoms with van der Waals surface area (Å²) in [7, 11) is 0. The maximum Gasteiger partial charge on any atom is 0.0468 e. The van der Waals surface area contributed by atoms with Gasteiger partial charge >= 0.3 is 0 Å². The van der Waals surface area contributed by atoms with Crippen molar-refractivity contribution in [3.8, 4) is 0 Å². The molecule has 0 radical (unpaired) electrons. The predicted molar refractivity (Wildman–Crippen MR) is 79.5 cm³/mol. The van der Waals surface area contributed by atoms with Gasteiger partial charge in [0.05, 0.1) is 0 Å². The third kappa shape index (κ3) is 2.84. The van der Waals surface area contributed by atoms with Crippen LogP contribution in [-0.4, -0.2) is 6.54 Å². The monoisotopic (exact) mass is 285 g/mol. The van der Waals surface area contributed by atoms with Crippen LogP contribution in [0.1, 0.15) is 51.1 Å². The smallest absolute Gasteiger partial charge is 0.0468 e. The molecule has 3 heteroatoms. The molecule has 0 amide bonds. The Morgan fingerprint density at radius 2 is 1.94 bits per heavy atom. The van der Waals surface area contributed by atoms with E-state index in [1.54, 1.807) is 0 Å². The number of halogens is 2. The molecule has 2 rings (SSSR count). The summed E-state index contributed by atoms with van der Waals surface area (Å²) in [6.07, 6.45) is 5.18. The highest BCUT2D eigenvalue weighted by atomic mass is 35.5. The lowest BCUT2D eigenvalue weighted by Gasteiger charge is -2.35. The molecule has 1 N–H and O–H groups in total. The van der Waals surface area contributed by atoms with E-state index in [0.717, 1.165) is 11.6 Å². The second-order valence-corrected chi connectivity index (χ2v) is 6.36. The third-order valence-electron chi connectivity index (χ3n) is 4.12. The molecule has 1 nitrogen and oxygen atoms in total. The molecule has 1 atom stereocenters. The number of nitrogens with one attached hydrogen (secondary N) is 1. The summed E-state index contributed by atoms with van der Waals surface area (Å²) in [5.74, 6) is 0. The highest BCUT2D eigenvalue weighted by Crippen LogP contribution is 2.48. The molecule has 1 aliphatic rings. The molecular weight excluding hydrogens is 265 g/mol. The zero-order valence-corrected chi connectivity index (χ0v) is 12.6. The van der Waals surface area contributed by atoms with Gasteiger partial charge in [0.25, 0.3) is 0 Å². The Balaban J connectivity index is 2.34. The van der Waals surface area contributed by atoms with Crippen LogP contribution in [-0.2, 0) is 0 Å². The Labute approximate surface area is 120 Å². The van der Waals surface area contributed by atoms with Crippen LogP contribution in [0.4, 0.5) is 0 Å².